The average molecular weight is 303 g/mol. The van der Waals surface area contributed by atoms with E-state index in [1.807, 2.05) is 13.8 Å². The lowest BCUT2D eigenvalue weighted by molar-refractivity contribution is 0.457. The van der Waals surface area contributed by atoms with Crippen molar-refractivity contribution in [2.45, 2.75) is 19.9 Å². The number of nitrogens with two attached hydrogens (primary N) is 1. The summed E-state index contributed by atoms with van der Waals surface area (Å²) in [4.78, 5) is 0. The van der Waals surface area contributed by atoms with Crippen LogP contribution >= 0.6 is 11.6 Å². The minimum absolute atomic E-state index is 0.142. The number of sulfonamides is 1. The molecule has 0 radical (unpaired) electrons. The maximum absolute atomic E-state index is 11.9. The van der Waals surface area contributed by atoms with Gasteiger partial charge in [-0.05, 0) is 29.7 Å². The first-order valence-electron chi connectivity index (χ1n) is 6.00. The lowest BCUT2D eigenvalue weighted by Gasteiger charge is -2.19. The fourth-order valence-electron chi connectivity index (χ4n) is 1.45. The van der Waals surface area contributed by atoms with E-state index in [9.17, 15) is 8.42 Å². The first kappa shape index (κ1) is 16.2. The van der Waals surface area contributed by atoms with Gasteiger partial charge < -0.3 is 5.73 Å². The van der Waals surface area contributed by atoms with E-state index in [-0.39, 0.29) is 18.5 Å². The van der Waals surface area contributed by atoms with Crippen LogP contribution in [-0.4, -0.2) is 21.0 Å². The van der Waals surface area contributed by atoms with Crippen LogP contribution in [0.3, 0.4) is 0 Å². The molecule has 6 heteroatoms. The minimum Gasteiger partial charge on any atom is -0.329 e. The molecule has 0 amide bonds. The Morgan fingerprint density at radius 2 is 1.89 bits per heavy atom. The minimum atomic E-state index is -3.49. The van der Waals surface area contributed by atoms with E-state index in [0.717, 1.165) is 11.0 Å². The van der Waals surface area contributed by atoms with Gasteiger partial charge in [0, 0.05) is 23.0 Å². The molecule has 1 atom stereocenters. The third kappa shape index (κ3) is 5.74. The molecule has 1 aromatic rings. The van der Waals surface area contributed by atoms with Gasteiger partial charge >= 0.3 is 0 Å². The molecule has 0 aliphatic carbocycles. The van der Waals surface area contributed by atoms with Gasteiger partial charge in [0.25, 0.3) is 0 Å². The number of nitrogens with one attached hydrogen (secondary N) is 1. The van der Waals surface area contributed by atoms with Gasteiger partial charge in [0.1, 0.15) is 0 Å². The van der Waals surface area contributed by atoms with E-state index in [2.05, 4.69) is 4.72 Å². The van der Waals surface area contributed by atoms with E-state index >= 15 is 0 Å². The summed E-state index contributed by atoms with van der Waals surface area (Å²) in [6, 6.07) is 6.64. The molecule has 1 aromatic carbocycles. The molecule has 1 unspecified atom stereocenters. The molecule has 1 rings (SSSR count). The van der Waals surface area contributed by atoms with Gasteiger partial charge in [0.15, 0.2) is 0 Å². The lowest BCUT2D eigenvalue weighted by Crippen LogP contribution is -2.42. The summed E-state index contributed by atoms with van der Waals surface area (Å²) in [6.07, 6.45) is 1.52. The Hall–Kier alpha value is -0.880. The molecule has 3 N–H and O–H groups in total. The molecule has 0 spiro atoms. The summed E-state index contributed by atoms with van der Waals surface area (Å²) in [5, 5.41) is 1.75. The predicted octanol–water partition coefficient (Wildman–Crippen LogP) is 2.21. The van der Waals surface area contributed by atoms with Gasteiger partial charge in [0.2, 0.25) is 10.0 Å². The summed E-state index contributed by atoms with van der Waals surface area (Å²) >= 11 is 5.76. The molecule has 0 aliphatic heterocycles. The van der Waals surface area contributed by atoms with E-state index in [1.165, 1.54) is 6.08 Å². The molecule has 106 valence electrons. The second kappa shape index (κ2) is 7.05. The zero-order valence-corrected chi connectivity index (χ0v) is 12.6. The highest BCUT2D eigenvalue weighted by molar-refractivity contribution is 7.92. The third-order valence-corrected chi connectivity index (χ3v) is 4.06. The van der Waals surface area contributed by atoms with Crippen LogP contribution in [0.4, 0.5) is 0 Å². The van der Waals surface area contributed by atoms with Gasteiger partial charge in [-0.1, -0.05) is 37.6 Å². The van der Waals surface area contributed by atoms with Crippen LogP contribution in [0.15, 0.2) is 29.7 Å². The molecule has 0 fully saturated rings. The normalized spacial score (nSPS) is 14.2. The molecular formula is C13H19ClN2O2S. The predicted molar refractivity (Wildman–Crippen MR) is 80.2 cm³/mol. The molecule has 0 aliphatic rings. The van der Waals surface area contributed by atoms with Crippen LogP contribution in [0.2, 0.25) is 5.02 Å². The molecule has 0 heterocycles. The van der Waals surface area contributed by atoms with Gasteiger partial charge in [-0.15, -0.1) is 0 Å². The van der Waals surface area contributed by atoms with Crippen molar-refractivity contribution in [2.75, 3.05) is 6.54 Å². The third-order valence-electron chi connectivity index (χ3n) is 2.68. The van der Waals surface area contributed by atoms with Crippen LogP contribution in [0.1, 0.15) is 19.4 Å². The summed E-state index contributed by atoms with van der Waals surface area (Å²) in [5.74, 6) is 0.142. The number of benzene rings is 1. The standard InChI is InChI=1S/C13H19ClN2O2S/c1-10(2)13(9-15)16-19(17,18)8-7-11-3-5-12(14)6-4-11/h3-8,10,13,16H,9,15H2,1-2H3. The molecule has 0 aromatic heterocycles. The van der Waals surface area contributed by atoms with Crippen LogP contribution < -0.4 is 10.5 Å². The zero-order valence-electron chi connectivity index (χ0n) is 11.0. The zero-order chi connectivity index (χ0) is 14.5. The van der Waals surface area contributed by atoms with Gasteiger partial charge in [-0.2, -0.15) is 0 Å². The van der Waals surface area contributed by atoms with Crippen LogP contribution in [0.5, 0.6) is 0 Å². The fourth-order valence-corrected chi connectivity index (χ4v) is 2.78. The maximum atomic E-state index is 11.9. The summed E-state index contributed by atoms with van der Waals surface area (Å²) in [6.45, 7) is 4.11. The topological polar surface area (TPSA) is 72.2 Å². The van der Waals surface area contributed by atoms with Crippen molar-refractivity contribution in [3.8, 4) is 0 Å². The van der Waals surface area contributed by atoms with E-state index in [0.29, 0.717) is 5.02 Å². The van der Waals surface area contributed by atoms with Crippen molar-refractivity contribution in [3.63, 3.8) is 0 Å². The first-order chi connectivity index (χ1) is 8.84. The second-order valence-corrected chi connectivity index (χ2v) is 6.64. The summed E-state index contributed by atoms with van der Waals surface area (Å²) in [7, 11) is -3.49. The summed E-state index contributed by atoms with van der Waals surface area (Å²) in [5.41, 5.74) is 6.31. The second-order valence-electron chi connectivity index (χ2n) is 4.60. The Kier molecular flexibility index (Phi) is 6.00. The van der Waals surface area contributed by atoms with Crippen LogP contribution in [0, 0.1) is 5.92 Å². The van der Waals surface area contributed by atoms with Crippen molar-refractivity contribution in [2.24, 2.45) is 11.7 Å². The van der Waals surface area contributed by atoms with Crippen LogP contribution in [0.25, 0.3) is 6.08 Å². The molecule has 0 saturated carbocycles. The monoisotopic (exact) mass is 302 g/mol. The van der Waals surface area contributed by atoms with Crippen molar-refractivity contribution in [1.82, 2.24) is 4.72 Å². The Morgan fingerprint density at radius 1 is 1.32 bits per heavy atom. The highest BCUT2D eigenvalue weighted by atomic mass is 35.5. The first-order valence-corrected chi connectivity index (χ1v) is 7.92. The van der Waals surface area contributed by atoms with E-state index in [4.69, 9.17) is 17.3 Å². The smallest absolute Gasteiger partial charge is 0.234 e. The number of hydrogen-bond acceptors (Lipinski definition) is 3. The van der Waals surface area contributed by atoms with E-state index in [1.54, 1.807) is 24.3 Å². The molecule has 19 heavy (non-hydrogen) atoms. The molecule has 4 nitrogen and oxygen atoms in total. The van der Waals surface area contributed by atoms with Crippen molar-refractivity contribution < 1.29 is 8.42 Å². The Morgan fingerprint density at radius 3 is 2.37 bits per heavy atom. The Labute approximate surface area is 119 Å². The molecule has 0 bridgehead atoms. The Bertz CT molecular complexity index is 524. The lowest BCUT2D eigenvalue weighted by atomic mass is 10.1. The molecule has 0 saturated heterocycles. The number of rotatable bonds is 6. The van der Waals surface area contributed by atoms with Crippen molar-refractivity contribution in [1.29, 1.82) is 0 Å². The highest BCUT2D eigenvalue weighted by Gasteiger charge is 2.17. The molecular weight excluding hydrogens is 284 g/mol. The highest BCUT2D eigenvalue weighted by Crippen LogP contribution is 2.11. The number of halogens is 1. The summed E-state index contributed by atoms with van der Waals surface area (Å²) < 4.78 is 26.3. The Balaban J connectivity index is 2.76. The van der Waals surface area contributed by atoms with E-state index < -0.39 is 10.0 Å². The quantitative estimate of drug-likeness (QED) is 0.846. The number of hydrogen-bond donors (Lipinski definition) is 2. The van der Waals surface area contributed by atoms with Crippen LogP contribution in [-0.2, 0) is 10.0 Å². The van der Waals surface area contributed by atoms with Gasteiger partial charge in [-0.3, -0.25) is 0 Å². The van der Waals surface area contributed by atoms with Crippen molar-refractivity contribution in [3.05, 3.63) is 40.3 Å². The van der Waals surface area contributed by atoms with Crippen molar-refractivity contribution >= 4 is 27.7 Å². The van der Waals surface area contributed by atoms with Gasteiger partial charge in [0.05, 0.1) is 0 Å². The largest absolute Gasteiger partial charge is 0.329 e. The van der Waals surface area contributed by atoms with Gasteiger partial charge in [-0.25, -0.2) is 13.1 Å². The maximum Gasteiger partial charge on any atom is 0.234 e. The average Bonchev–Trinajstić information content (AvgIpc) is 2.35. The fraction of sp³-hybridized carbons (Fsp3) is 0.385. The SMILES string of the molecule is CC(C)C(CN)NS(=O)(=O)C=Cc1ccc(Cl)cc1.